The third kappa shape index (κ3) is 3.49. The van der Waals surface area contributed by atoms with Gasteiger partial charge in [-0.3, -0.25) is 24.0 Å². The Balaban J connectivity index is 1.32. The average molecular weight is 428 g/mol. The molecule has 2 aromatic carbocycles. The molecule has 7 heteroatoms. The van der Waals surface area contributed by atoms with Gasteiger partial charge in [0.05, 0.1) is 23.4 Å². The van der Waals surface area contributed by atoms with E-state index < -0.39 is 0 Å². The summed E-state index contributed by atoms with van der Waals surface area (Å²) < 4.78 is 1.86. The summed E-state index contributed by atoms with van der Waals surface area (Å²) in [5.74, 6) is -0.902. The fourth-order valence-electron chi connectivity index (χ4n) is 4.62. The van der Waals surface area contributed by atoms with Gasteiger partial charge in [0.15, 0.2) is 0 Å². The molecule has 0 fully saturated rings. The molecule has 0 radical (unpaired) electrons. The number of benzene rings is 2. The van der Waals surface area contributed by atoms with Crippen LogP contribution in [0.1, 0.15) is 66.8 Å². The number of amides is 3. The number of hydrogen-bond donors (Lipinski definition) is 1. The number of rotatable bonds is 5. The number of imide groups is 1. The summed E-state index contributed by atoms with van der Waals surface area (Å²) in [6.45, 7) is 0.309. The Morgan fingerprint density at radius 2 is 1.88 bits per heavy atom. The SMILES string of the molecule is Cn1ncc2c1CCCC2NC(=O)c1ccc2c(c1)C(=O)N(CCc1ccccc1)C2=O. The molecule has 3 amide bonds. The molecule has 1 unspecified atom stereocenters. The van der Waals surface area contributed by atoms with E-state index in [2.05, 4.69) is 10.4 Å². The summed E-state index contributed by atoms with van der Waals surface area (Å²) in [5, 5.41) is 7.40. The smallest absolute Gasteiger partial charge is 0.261 e. The Hall–Kier alpha value is -3.74. The number of hydrogen-bond acceptors (Lipinski definition) is 4. The lowest BCUT2D eigenvalue weighted by Gasteiger charge is -2.23. The second-order valence-corrected chi connectivity index (χ2v) is 8.35. The molecule has 1 N–H and O–H groups in total. The maximum absolute atomic E-state index is 13.0. The van der Waals surface area contributed by atoms with Gasteiger partial charge in [-0.1, -0.05) is 30.3 Å². The maximum atomic E-state index is 13.0. The van der Waals surface area contributed by atoms with Crippen molar-refractivity contribution < 1.29 is 14.4 Å². The van der Waals surface area contributed by atoms with E-state index in [0.29, 0.717) is 29.7 Å². The summed E-state index contributed by atoms with van der Waals surface area (Å²) in [6, 6.07) is 14.4. The Morgan fingerprint density at radius 3 is 2.69 bits per heavy atom. The molecule has 3 aromatic rings. The number of carbonyl (C=O) groups excluding carboxylic acids is 3. The zero-order valence-corrected chi connectivity index (χ0v) is 17.9. The minimum Gasteiger partial charge on any atom is -0.345 e. The van der Waals surface area contributed by atoms with Crippen molar-refractivity contribution in [1.82, 2.24) is 20.0 Å². The van der Waals surface area contributed by atoms with E-state index in [-0.39, 0.29) is 23.8 Å². The molecule has 0 saturated carbocycles. The Bertz CT molecular complexity index is 1220. The quantitative estimate of drug-likeness (QED) is 0.633. The van der Waals surface area contributed by atoms with E-state index in [1.54, 1.807) is 18.2 Å². The predicted molar refractivity (Wildman–Crippen MR) is 118 cm³/mol. The van der Waals surface area contributed by atoms with Gasteiger partial charge in [-0.2, -0.15) is 5.10 Å². The van der Waals surface area contributed by atoms with E-state index in [1.165, 1.54) is 4.90 Å². The van der Waals surface area contributed by atoms with E-state index in [4.69, 9.17) is 0 Å². The highest BCUT2D eigenvalue weighted by molar-refractivity contribution is 6.22. The second-order valence-electron chi connectivity index (χ2n) is 8.35. The van der Waals surface area contributed by atoms with Crippen molar-refractivity contribution in [1.29, 1.82) is 0 Å². The van der Waals surface area contributed by atoms with Crippen LogP contribution in [0, 0.1) is 0 Å². The summed E-state index contributed by atoms with van der Waals surface area (Å²) in [5.41, 5.74) is 4.28. The van der Waals surface area contributed by atoms with Gasteiger partial charge in [0.25, 0.3) is 17.7 Å². The molecule has 7 nitrogen and oxygen atoms in total. The number of nitrogens with one attached hydrogen (secondary N) is 1. The minimum absolute atomic E-state index is 0.104. The van der Waals surface area contributed by atoms with Crippen LogP contribution < -0.4 is 5.32 Å². The summed E-state index contributed by atoms with van der Waals surface area (Å²) >= 11 is 0. The van der Waals surface area contributed by atoms with Gasteiger partial charge in [0.1, 0.15) is 0 Å². The topological polar surface area (TPSA) is 84.3 Å². The Morgan fingerprint density at radius 1 is 1.09 bits per heavy atom. The monoisotopic (exact) mass is 428 g/mol. The molecule has 2 aliphatic rings. The first-order valence-corrected chi connectivity index (χ1v) is 10.9. The van der Waals surface area contributed by atoms with Crippen LogP contribution in [0.5, 0.6) is 0 Å². The van der Waals surface area contributed by atoms with Crippen LogP contribution in [-0.2, 0) is 19.9 Å². The first-order valence-electron chi connectivity index (χ1n) is 10.9. The molecule has 1 atom stereocenters. The molecule has 1 aliphatic heterocycles. The predicted octanol–water partition coefficient (Wildman–Crippen LogP) is 3.07. The van der Waals surface area contributed by atoms with Crippen molar-refractivity contribution in [2.45, 2.75) is 31.7 Å². The van der Waals surface area contributed by atoms with Gasteiger partial charge in [0, 0.05) is 30.4 Å². The number of carbonyl (C=O) groups is 3. The second kappa shape index (κ2) is 8.07. The maximum Gasteiger partial charge on any atom is 0.261 e. The lowest BCUT2D eigenvalue weighted by molar-refractivity contribution is 0.0656. The van der Waals surface area contributed by atoms with Crippen molar-refractivity contribution in [2.24, 2.45) is 7.05 Å². The fourth-order valence-corrected chi connectivity index (χ4v) is 4.62. The minimum atomic E-state index is -0.345. The van der Waals surface area contributed by atoms with Crippen molar-refractivity contribution in [2.75, 3.05) is 6.54 Å². The van der Waals surface area contributed by atoms with Gasteiger partial charge >= 0.3 is 0 Å². The van der Waals surface area contributed by atoms with Crippen molar-refractivity contribution in [3.05, 3.63) is 88.2 Å². The Labute approximate surface area is 186 Å². The highest BCUT2D eigenvalue weighted by Crippen LogP contribution is 2.30. The van der Waals surface area contributed by atoms with Crippen LogP contribution in [-0.4, -0.2) is 38.9 Å². The van der Waals surface area contributed by atoms with E-state index in [1.807, 2.05) is 48.3 Å². The van der Waals surface area contributed by atoms with Crippen LogP contribution in [0.25, 0.3) is 0 Å². The third-order valence-corrected chi connectivity index (χ3v) is 6.38. The molecule has 2 heterocycles. The van der Waals surface area contributed by atoms with Gasteiger partial charge in [-0.15, -0.1) is 0 Å². The zero-order chi connectivity index (χ0) is 22.2. The van der Waals surface area contributed by atoms with Gasteiger partial charge < -0.3 is 5.32 Å². The van der Waals surface area contributed by atoms with Gasteiger partial charge in [0.2, 0.25) is 0 Å². The van der Waals surface area contributed by atoms with Crippen LogP contribution in [0.2, 0.25) is 0 Å². The first kappa shape index (κ1) is 20.2. The lowest BCUT2D eigenvalue weighted by Crippen LogP contribution is -2.32. The number of fused-ring (bicyclic) bond motifs is 2. The zero-order valence-electron chi connectivity index (χ0n) is 17.9. The highest BCUT2D eigenvalue weighted by atomic mass is 16.2. The number of aromatic nitrogens is 2. The van der Waals surface area contributed by atoms with Crippen LogP contribution in [0.4, 0.5) is 0 Å². The van der Waals surface area contributed by atoms with E-state index in [0.717, 1.165) is 36.1 Å². The molecule has 1 aromatic heterocycles. The molecular formula is C25H24N4O3. The number of nitrogens with zero attached hydrogens (tertiary/aromatic N) is 3. The third-order valence-electron chi connectivity index (χ3n) is 6.38. The molecule has 162 valence electrons. The van der Waals surface area contributed by atoms with Crippen LogP contribution >= 0.6 is 0 Å². The largest absolute Gasteiger partial charge is 0.345 e. The molecule has 0 spiro atoms. The lowest BCUT2D eigenvalue weighted by atomic mass is 9.92. The summed E-state index contributed by atoms with van der Waals surface area (Å²) in [4.78, 5) is 39.9. The van der Waals surface area contributed by atoms with Crippen molar-refractivity contribution in [3.63, 3.8) is 0 Å². The Kier molecular flexibility index (Phi) is 5.09. The van der Waals surface area contributed by atoms with Gasteiger partial charge in [-0.25, -0.2) is 0 Å². The number of aryl methyl sites for hydroxylation is 1. The summed E-state index contributed by atoms with van der Waals surface area (Å²) in [6.07, 6.45) is 5.18. The fraction of sp³-hybridized carbons (Fsp3) is 0.280. The molecule has 0 bridgehead atoms. The normalized spacial score (nSPS) is 17.3. The first-order chi connectivity index (χ1) is 15.5. The summed E-state index contributed by atoms with van der Waals surface area (Å²) in [7, 11) is 1.91. The molecule has 0 saturated heterocycles. The van der Waals surface area contributed by atoms with Gasteiger partial charge in [-0.05, 0) is 49.4 Å². The van der Waals surface area contributed by atoms with E-state index in [9.17, 15) is 14.4 Å². The van der Waals surface area contributed by atoms with Crippen LogP contribution in [0.3, 0.4) is 0 Å². The molecule has 5 rings (SSSR count). The average Bonchev–Trinajstić information content (AvgIpc) is 3.31. The van der Waals surface area contributed by atoms with E-state index >= 15 is 0 Å². The standard InChI is InChI=1S/C25H24N4O3/c1-28-22-9-5-8-21(20(22)15-26-28)27-23(30)17-10-11-18-19(14-17)25(32)29(24(18)31)13-12-16-6-3-2-4-7-16/h2-4,6-7,10-11,14-15,21H,5,8-9,12-13H2,1H3,(H,27,30). The molecular weight excluding hydrogens is 404 g/mol. The molecule has 32 heavy (non-hydrogen) atoms. The molecule has 1 aliphatic carbocycles. The van der Waals surface area contributed by atoms with Crippen molar-refractivity contribution >= 4 is 17.7 Å². The van der Waals surface area contributed by atoms with Crippen LogP contribution in [0.15, 0.2) is 54.7 Å². The highest BCUT2D eigenvalue weighted by Gasteiger charge is 2.36. The van der Waals surface area contributed by atoms with Crippen molar-refractivity contribution in [3.8, 4) is 0 Å².